The normalized spacial score (nSPS) is 14.6. The summed E-state index contributed by atoms with van der Waals surface area (Å²) in [5, 5.41) is 0.694. The zero-order valence-electron chi connectivity index (χ0n) is 15.7. The highest BCUT2D eigenvalue weighted by atomic mass is 35.5. The predicted octanol–water partition coefficient (Wildman–Crippen LogP) is 3.80. The fourth-order valence-electron chi connectivity index (χ4n) is 3.21. The smallest absolute Gasteiger partial charge is 0.220 e. The number of methoxy groups -OCH3 is 1. The topological polar surface area (TPSA) is 64.8 Å². The minimum absolute atomic E-state index is 0.0581. The molecule has 1 aliphatic rings. The van der Waals surface area contributed by atoms with Crippen molar-refractivity contribution < 1.29 is 14.3 Å². The van der Waals surface area contributed by atoms with E-state index in [9.17, 15) is 4.79 Å². The van der Waals surface area contributed by atoms with Crippen LogP contribution in [-0.2, 0) is 11.4 Å². The number of rotatable bonds is 6. The highest BCUT2D eigenvalue weighted by Crippen LogP contribution is 2.30. The van der Waals surface area contributed by atoms with Gasteiger partial charge in [-0.05, 0) is 48.7 Å². The summed E-state index contributed by atoms with van der Waals surface area (Å²) in [5.41, 5.74) is 7.31. The molecule has 0 unspecified atom stereocenters. The number of carbonyl (C=O) groups is 1. The van der Waals surface area contributed by atoms with Crippen LogP contribution in [0.3, 0.4) is 0 Å². The maximum absolute atomic E-state index is 11.3. The minimum atomic E-state index is -0.227. The molecule has 2 aromatic rings. The Kier molecular flexibility index (Phi) is 6.75. The van der Waals surface area contributed by atoms with Crippen molar-refractivity contribution in [2.24, 2.45) is 11.7 Å². The molecule has 0 bridgehead atoms. The monoisotopic (exact) mass is 418 g/mol. The van der Waals surface area contributed by atoms with Crippen molar-refractivity contribution in [3.8, 4) is 11.5 Å². The van der Waals surface area contributed by atoms with Crippen molar-refractivity contribution in [3.05, 3.63) is 58.6 Å². The van der Waals surface area contributed by atoms with Gasteiger partial charge in [0.05, 0.1) is 7.11 Å². The Hall–Kier alpha value is -2.31. The third kappa shape index (κ3) is 4.94. The maximum Gasteiger partial charge on any atom is 0.220 e. The first-order chi connectivity index (χ1) is 13.5. The number of amides is 1. The van der Waals surface area contributed by atoms with E-state index in [4.69, 9.17) is 39.0 Å². The zero-order valence-corrected chi connectivity index (χ0v) is 17.3. The van der Waals surface area contributed by atoms with Crippen molar-refractivity contribution in [2.45, 2.75) is 19.4 Å². The molecule has 2 aromatic carbocycles. The Labute approximate surface area is 175 Å². The molecule has 1 heterocycles. The SMILES string of the molecule is COc1cc(C(=S)N2CCC(C(N)=O)CC2)ccc1OCc1ccc(Cl)cc1. The van der Waals surface area contributed by atoms with Crippen LogP contribution in [0.2, 0.25) is 5.02 Å². The van der Waals surface area contributed by atoms with E-state index in [0.29, 0.717) is 23.1 Å². The molecule has 5 nitrogen and oxygen atoms in total. The Morgan fingerprint density at radius 2 is 1.86 bits per heavy atom. The van der Waals surface area contributed by atoms with E-state index in [1.54, 1.807) is 7.11 Å². The largest absolute Gasteiger partial charge is 0.493 e. The molecule has 0 aliphatic carbocycles. The number of piperidine rings is 1. The van der Waals surface area contributed by atoms with Gasteiger partial charge >= 0.3 is 0 Å². The molecule has 0 atom stereocenters. The van der Waals surface area contributed by atoms with E-state index >= 15 is 0 Å². The fourth-order valence-corrected chi connectivity index (χ4v) is 3.65. The highest BCUT2D eigenvalue weighted by molar-refractivity contribution is 7.80. The van der Waals surface area contributed by atoms with E-state index in [2.05, 4.69) is 4.90 Å². The van der Waals surface area contributed by atoms with Crippen molar-refractivity contribution in [1.29, 1.82) is 0 Å². The number of nitrogens with two attached hydrogens (primary N) is 1. The number of benzene rings is 2. The predicted molar refractivity (Wildman–Crippen MR) is 114 cm³/mol. The average molecular weight is 419 g/mol. The number of nitrogens with zero attached hydrogens (tertiary/aromatic N) is 1. The van der Waals surface area contributed by atoms with Crippen LogP contribution in [0.5, 0.6) is 11.5 Å². The van der Waals surface area contributed by atoms with E-state index in [1.807, 2.05) is 42.5 Å². The standard InChI is InChI=1S/C21H23ClN2O3S/c1-26-19-12-16(21(28)24-10-8-15(9-11-24)20(23)25)4-7-18(19)27-13-14-2-5-17(22)6-3-14/h2-7,12,15H,8-11,13H2,1H3,(H2,23,25). The van der Waals surface area contributed by atoms with Crippen molar-refractivity contribution in [3.63, 3.8) is 0 Å². The van der Waals surface area contributed by atoms with Gasteiger partial charge in [-0.3, -0.25) is 4.79 Å². The molecule has 3 rings (SSSR count). The van der Waals surface area contributed by atoms with Crippen molar-refractivity contribution in [1.82, 2.24) is 4.90 Å². The van der Waals surface area contributed by atoms with E-state index < -0.39 is 0 Å². The summed E-state index contributed by atoms with van der Waals surface area (Å²) in [7, 11) is 1.61. The third-order valence-corrected chi connectivity index (χ3v) is 5.65. The minimum Gasteiger partial charge on any atom is -0.493 e. The van der Waals surface area contributed by atoms with Gasteiger partial charge in [-0.25, -0.2) is 0 Å². The number of hydrogen-bond donors (Lipinski definition) is 1. The molecule has 28 heavy (non-hydrogen) atoms. The van der Waals surface area contributed by atoms with E-state index in [1.165, 1.54) is 0 Å². The molecule has 1 fully saturated rings. The lowest BCUT2D eigenvalue weighted by molar-refractivity contribution is -0.122. The summed E-state index contributed by atoms with van der Waals surface area (Å²) < 4.78 is 11.4. The Morgan fingerprint density at radius 3 is 2.46 bits per heavy atom. The van der Waals surface area contributed by atoms with Gasteiger partial charge in [0.25, 0.3) is 0 Å². The zero-order chi connectivity index (χ0) is 20.1. The Morgan fingerprint density at radius 1 is 1.18 bits per heavy atom. The first kappa shape index (κ1) is 20.4. The first-order valence-electron chi connectivity index (χ1n) is 9.12. The van der Waals surface area contributed by atoms with Crippen LogP contribution in [0.4, 0.5) is 0 Å². The van der Waals surface area contributed by atoms with Crippen LogP contribution < -0.4 is 15.2 Å². The summed E-state index contributed by atoms with van der Waals surface area (Å²) in [5.74, 6) is 0.990. The highest BCUT2D eigenvalue weighted by Gasteiger charge is 2.25. The lowest BCUT2D eigenvalue weighted by atomic mass is 9.96. The average Bonchev–Trinajstić information content (AvgIpc) is 2.72. The summed E-state index contributed by atoms with van der Waals surface area (Å²) in [6, 6.07) is 13.2. The van der Waals surface area contributed by atoms with Gasteiger partial charge < -0.3 is 20.1 Å². The van der Waals surface area contributed by atoms with Crippen molar-refractivity contribution >= 4 is 34.7 Å². The summed E-state index contributed by atoms with van der Waals surface area (Å²) >= 11 is 11.6. The molecule has 0 spiro atoms. The molecule has 1 saturated heterocycles. The number of likely N-dealkylation sites (tertiary alicyclic amines) is 1. The molecule has 7 heteroatoms. The number of halogens is 1. The molecule has 148 valence electrons. The van der Waals surface area contributed by atoms with E-state index in [-0.39, 0.29) is 11.8 Å². The molecule has 2 N–H and O–H groups in total. The molecule has 1 aliphatic heterocycles. The van der Waals surface area contributed by atoms with Gasteiger partial charge in [-0.15, -0.1) is 0 Å². The van der Waals surface area contributed by atoms with Crippen LogP contribution >= 0.6 is 23.8 Å². The lowest BCUT2D eigenvalue weighted by Crippen LogP contribution is -2.41. The Balaban J connectivity index is 1.66. The summed E-state index contributed by atoms with van der Waals surface area (Å²) in [6.45, 7) is 1.87. The van der Waals surface area contributed by atoms with Crippen molar-refractivity contribution in [2.75, 3.05) is 20.2 Å². The summed E-state index contributed by atoms with van der Waals surface area (Å²) in [6.07, 6.45) is 1.46. The summed E-state index contributed by atoms with van der Waals surface area (Å²) in [4.78, 5) is 14.2. The van der Waals surface area contributed by atoms with Gasteiger partial charge in [0, 0.05) is 29.6 Å². The van der Waals surface area contributed by atoms with Crippen LogP contribution in [0.15, 0.2) is 42.5 Å². The maximum atomic E-state index is 11.3. The number of carbonyl (C=O) groups excluding carboxylic acids is 1. The van der Waals surface area contributed by atoms with Gasteiger partial charge in [0.15, 0.2) is 11.5 Å². The molecule has 0 aromatic heterocycles. The number of thiocarbonyl (C=S) groups is 1. The number of ether oxygens (including phenoxy) is 2. The van der Waals surface area contributed by atoms with Crippen LogP contribution in [-0.4, -0.2) is 36.0 Å². The second-order valence-corrected chi connectivity index (χ2v) is 7.57. The van der Waals surface area contributed by atoms with E-state index in [0.717, 1.165) is 42.0 Å². The van der Waals surface area contributed by atoms with Crippen LogP contribution in [0.1, 0.15) is 24.0 Å². The molecular formula is C21H23ClN2O3S. The molecule has 1 amide bonds. The lowest BCUT2D eigenvalue weighted by Gasteiger charge is -2.32. The van der Waals surface area contributed by atoms with Gasteiger partial charge in [-0.2, -0.15) is 0 Å². The number of hydrogen-bond acceptors (Lipinski definition) is 4. The second kappa shape index (κ2) is 9.26. The Bertz CT molecular complexity index is 849. The third-order valence-electron chi connectivity index (χ3n) is 4.90. The molecule has 0 radical (unpaired) electrons. The van der Waals surface area contributed by atoms with Crippen LogP contribution in [0.25, 0.3) is 0 Å². The fraction of sp³-hybridized carbons (Fsp3) is 0.333. The first-order valence-corrected chi connectivity index (χ1v) is 9.90. The van der Waals surface area contributed by atoms with Gasteiger partial charge in [0.2, 0.25) is 5.91 Å². The number of primary amides is 1. The quantitative estimate of drug-likeness (QED) is 0.723. The second-order valence-electron chi connectivity index (χ2n) is 6.75. The molecule has 0 saturated carbocycles. The van der Waals surface area contributed by atoms with Crippen LogP contribution in [0, 0.1) is 5.92 Å². The van der Waals surface area contributed by atoms with Gasteiger partial charge in [0.1, 0.15) is 11.6 Å². The molecular weight excluding hydrogens is 396 g/mol. The van der Waals surface area contributed by atoms with Gasteiger partial charge in [-0.1, -0.05) is 36.0 Å².